The average Bonchev–Trinajstić information content (AvgIpc) is 3.12. The smallest absolute Gasteiger partial charge is 0.270 e. The zero-order chi connectivity index (χ0) is 18.6. The molecule has 0 fully saturated rings. The monoisotopic (exact) mass is 364 g/mol. The number of carbonyl (C=O) groups is 2. The number of nitrogens with zero attached hydrogens (tertiary/aromatic N) is 3. The fourth-order valence-electron chi connectivity index (χ4n) is 2.95. The predicted molar refractivity (Wildman–Crippen MR) is 79.5 cm³/mol. The number of rotatable bonds is 2. The Morgan fingerprint density at radius 3 is 2.62 bits per heavy atom. The molecule has 1 aromatic carbocycles. The van der Waals surface area contributed by atoms with Crippen LogP contribution < -0.4 is 0 Å². The summed E-state index contributed by atoms with van der Waals surface area (Å²) in [5, 5.41) is 6.57. The minimum absolute atomic E-state index is 0.0127. The van der Waals surface area contributed by atoms with E-state index in [0.29, 0.717) is 28.5 Å². The lowest BCUT2D eigenvalue weighted by Crippen LogP contribution is -2.30. The summed E-state index contributed by atoms with van der Waals surface area (Å²) >= 11 is 0. The molecule has 0 saturated heterocycles. The van der Waals surface area contributed by atoms with Gasteiger partial charge in [0.1, 0.15) is 5.82 Å². The number of carbonyl (C=O) groups excluding carboxylic acids is 2. The van der Waals surface area contributed by atoms with Gasteiger partial charge in [-0.2, -0.15) is 18.3 Å². The number of pyridine rings is 1. The van der Waals surface area contributed by atoms with Crippen LogP contribution in [0.15, 0.2) is 30.6 Å². The van der Waals surface area contributed by atoms with Crippen LogP contribution >= 0.6 is 0 Å². The lowest BCUT2D eigenvalue weighted by atomic mass is 10.1. The summed E-state index contributed by atoms with van der Waals surface area (Å²) < 4.78 is 52.9. The number of fused-ring (bicyclic) bond motifs is 3. The Labute approximate surface area is 142 Å². The Balaban J connectivity index is 1.78. The molecule has 1 aliphatic rings. The molecule has 26 heavy (non-hydrogen) atoms. The van der Waals surface area contributed by atoms with Crippen molar-refractivity contribution < 1.29 is 27.2 Å². The van der Waals surface area contributed by atoms with Crippen molar-refractivity contribution in [2.24, 2.45) is 0 Å². The van der Waals surface area contributed by atoms with Crippen LogP contribution in [-0.2, 0) is 12.7 Å². The zero-order valence-electron chi connectivity index (χ0n) is 12.8. The molecule has 3 heterocycles. The lowest BCUT2D eigenvalue weighted by molar-refractivity contribution is -0.138. The van der Waals surface area contributed by atoms with Crippen LogP contribution in [0.4, 0.5) is 17.6 Å². The van der Waals surface area contributed by atoms with Gasteiger partial charge < -0.3 is 0 Å². The highest BCUT2D eigenvalue weighted by molar-refractivity contribution is 6.25. The van der Waals surface area contributed by atoms with Crippen molar-refractivity contribution in [3.8, 4) is 0 Å². The molecule has 6 nitrogen and oxygen atoms in total. The molecule has 1 N–H and O–H groups in total. The van der Waals surface area contributed by atoms with Gasteiger partial charge in [0.2, 0.25) is 0 Å². The molecule has 2 aromatic heterocycles. The standard InChI is InChI=1S/C16H8F4N4O2/c17-8-1-2-11(16(18,19)20)7(3-8)6-24-14(25)10-4-21-13-9(5-22-23-13)12(10)15(24)26/h1-5H,6H2,(H,21,22,23). The Hall–Kier alpha value is -3.30. The first-order valence-electron chi connectivity index (χ1n) is 7.31. The van der Waals surface area contributed by atoms with Gasteiger partial charge in [0.25, 0.3) is 11.8 Å². The number of amides is 2. The normalized spacial score (nSPS) is 14.4. The van der Waals surface area contributed by atoms with E-state index in [4.69, 9.17) is 0 Å². The first-order valence-corrected chi connectivity index (χ1v) is 7.31. The van der Waals surface area contributed by atoms with E-state index < -0.39 is 41.5 Å². The van der Waals surface area contributed by atoms with E-state index >= 15 is 0 Å². The summed E-state index contributed by atoms with van der Waals surface area (Å²) in [7, 11) is 0. The second-order valence-corrected chi connectivity index (χ2v) is 5.67. The Kier molecular flexibility index (Phi) is 3.33. The summed E-state index contributed by atoms with van der Waals surface area (Å²) in [5.74, 6) is -2.47. The maximum Gasteiger partial charge on any atom is 0.416 e. The number of alkyl halides is 3. The molecule has 0 bridgehead atoms. The molecule has 0 radical (unpaired) electrons. The van der Waals surface area contributed by atoms with Crippen LogP contribution in [0.5, 0.6) is 0 Å². The van der Waals surface area contributed by atoms with E-state index in [1.54, 1.807) is 0 Å². The van der Waals surface area contributed by atoms with Crippen molar-refractivity contribution >= 4 is 22.8 Å². The number of halogens is 4. The number of nitrogens with one attached hydrogen (secondary N) is 1. The Bertz CT molecular complexity index is 1070. The van der Waals surface area contributed by atoms with Crippen molar-refractivity contribution in [3.05, 3.63) is 58.7 Å². The van der Waals surface area contributed by atoms with Crippen LogP contribution in [0.3, 0.4) is 0 Å². The highest BCUT2D eigenvalue weighted by Gasteiger charge is 2.40. The molecule has 0 atom stereocenters. The van der Waals surface area contributed by atoms with Crippen LogP contribution in [0.2, 0.25) is 0 Å². The second kappa shape index (κ2) is 5.35. The molecule has 132 valence electrons. The summed E-state index contributed by atoms with van der Waals surface area (Å²) in [4.78, 5) is 29.7. The van der Waals surface area contributed by atoms with Gasteiger partial charge in [0, 0.05) is 6.20 Å². The third-order valence-electron chi connectivity index (χ3n) is 4.12. The van der Waals surface area contributed by atoms with Crippen LogP contribution in [-0.4, -0.2) is 31.9 Å². The summed E-state index contributed by atoms with van der Waals surface area (Å²) in [6, 6.07) is 1.92. The number of benzene rings is 1. The fraction of sp³-hybridized carbons (Fsp3) is 0.125. The molecule has 3 aromatic rings. The van der Waals surface area contributed by atoms with E-state index in [1.807, 2.05) is 0 Å². The van der Waals surface area contributed by atoms with Gasteiger partial charge in [-0.3, -0.25) is 19.6 Å². The van der Waals surface area contributed by atoms with E-state index in [-0.39, 0.29) is 16.8 Å². The van der Waals surface area contributed by atoms with E-state index in [1.165, 1.54) is 6.20 Å². The largest absolute Gasteiger partial charge is 0.416 e. The predicted octanol–water partition coefficient (Wildman–Crippen LogP) is 2.91. The molecule has 1 aliphatic heterocycles. The number of aromatic amines is 1. The van der Waals surface area contributed by atoms with Gasteiger partial charge in [-0.25, -0.2) is 9.37 Å². The van der Waals surface area contributed by atoms with Crippen molar-refractivity contribution in [3.63, 3.8) is 0 Å². The quantitative estimate of drug-likeness (QED) is 0.560. The first-order chi connectivity index (χ1) is 12.3. The van der Waals surface area contributed by atoms with Crippen LogP contribution in [0, 0.1) is 5.82 Å². The number of hydrogen-bond donors (Lipinski definition) is 1. The average molecular weight is 364 g/mol. The molecule has 0 spiro atoms. The fourth-order valence-corrected chi connectivity index (χ4v) is 2.95. The molecule has 10 heteroatoms. The van der Waals surface area contributed by atoms with Gasteiger partial charge in [-0.05, 0) is 23.8 Å². The van der Waals surface area contributed by atoms with Crippen molar-refractivity contribution in [1.82, 2.24) is 20.1 Å². The van der Waals surface area contributed by atoms with E-state index in [9.17, 15) is 27.2 Å². The van der Waals surface area contributed by atoms with Crippen molar-refractivity contribution in [1.29, 1.82) is 0 Å². The maximum absolute atomic E-state index is 13.5. The number of imide groups is 1. The molecular weight excluding hydrogens is 356 g/mol. The van der Waals surface area contributed by atoms with Gasteiger partial charge in [-0.15, -0.1) is 0 Å². The summed E-state index contributed by atoms with van der Waals surface area (Å²) in [6.07, 6.45) is -2.29. The van der Waals surface area contributed by atoms with Gasteiger partial charge in [0.05, 0.1) is 34.8 Å². The number of hydrogen-bond acceptors (Lipinski definition) is 4. The lowest BCUT2D eigenvalue weighted by Gasteiger charge is -2.18. The van der Waals surface area contributed by atoms with Gasteiger partial charge >= 0.3 is 6.18 Å². The van der Waals surface area contributed by atoms with Gasteiger partial charge in [0.15, 0.2) is 5.65 Å². The molecule has 0 aliphatic carbocycles. The maximum atomic E-state index is 13.5. The van der Waals surface area contributed by atoms with E-state index in [0.717, 1.165) is 6.20 Å². The highest BCUT2D eigenvalue weighted by atomic mass is 19.4. The minimum Gasteiger partial charge on any atom is -0.270 e. The van der Waals surface area contributed by atoms with Crippen LogP contribution in [0.1, 0.15) is 31.8 Å². The second-order valence-electron chi connectivity index (χ2n) is 5.67. The Morgan fingerprint density at radius 1 is 1.12 bits per heavy atom. The topological polar surface area (TPSA) is 79.0 Å². The summed E-state index contributed by atoms with van der Waals surface area (Å²) in [6.45, 7) is -0.710. The molecular formula is C16H8F4N4O2. The van der Waals surface area contributed by atoms with Crippen LogP contribution in [0.25, 0.3) is 11.0 Å². The molecule has 0 saturated carbocycles. The minimum atomic E-state index is -4.75. The van der Waals surface area contributed by atoms with Crippen molar-refractivity contribution in [2.45, 2.75) is 12.7 Å². The number of H-pyrrole nitrogens is 1. The Morgan fingerprint density at radius 2 is 1.88 bits per heavy atom. The number of aromatic nitrogens is 3. The molecule has 2 amide bonds. The molecule has 4 rings (SSSR count). The van der Waals surface area contributed by atoms with Gasteiger partial charge in [-0.1, -0.05) is 0 Å². The first kappa shape index (κ1) is 16.2. The van der Waals surface area contributed by atoms with Crippen molar-refractivity contribution in [2.75, 3.05) is 0 Å². The molecule has 0 unspecified atom stereocenters. The highest BCUT2D eigenvalue weighted by Crippen LogP contribution is 2.35. The third-order valence-corrected chi connectivity index (χ3v) is 4.12. The van der Waals surface area contributed by atoms with E-state index in [2.05, 4.69) is 15.2 Å². The third kappa shape index (κ3) is 2.33. The SMILES string of the molecule is O=C1c2cnc3[nH]ncc3c2C(=O)N1Cc1cc(F)ccc1C(F)(F)F. The summed E-state index contributed by atoms with van der Waals surface area (Å²) in [5.41, 5.74) is -1.37. The zero-order valence-corrected chi connectivity index (χ0v) is 12.8.